The Bertz CT molecular complexity index is 621. The zero-order valence-corrected chi connectivity index (χ0v) is 14.1. The Morgan fingerprint density at radius 1 is 1.25 bits per heavy atom. The highest BCUT2D eigenvalue weighted by Crippen LogP contribution is 2.33. The largest absolute Gasteiger partial charge is 0.326 e. The summed E-state index contributed by atoms with van der Waals surface area (Å²) >= 11 is 0. The van der Waals surface area contributed by atoms with Crippen molar-refractivity contribution in [2.24, 2.45) is 18.9 Å². The lowest BCUT2D eigenvalue weighted by Gasteiger charge is -2.25. The zero-order valence-electron chi connectivity index (χ0n) is 14.1. The molecule has 3 amide bonds. The van der Waals surface area contributed by atoms with Crippen molar-refractivity contribution < 1.29 is 9.59 Å². The minimum atomic E-state index is -0.418. The fraction of sp³-hybridized carbons (Fsp3) is 0.706. The lowest BCUT2D eigenvalue weighted by atomic mass is 10.2. The molecule has 7 nitrogen and oxygen atoms in total. The van der Waals surface area contributed by atoms with Crippen LogP contribution < -0.4 is 10.2 Å². The maximum Gasteiger partial charge on any atom is 0.318 e. The summed E-state index contributed by atoms with van der Waals surface area (Å²) in [7, 11) is 1.83. The molecule has 0 aromatic carbocycles. The summed E-state index contributed by atoms with van der Waals surface area (Å²) in [6, 6.07) is -0.487. The van der Waals surface area contributed by atoms with Gasteiger partial charge in [-0.25, -0.2) is 4.79 Å². The number of carbonyl (C=O) groups excluding carboxylic acids is 2. The summed E-state index contributed by atoms with van der Waals surface area (Å²) in [4.78, 5) is 28.9. The third-order valence-corrected chi connectivity index (χ3v) is 5.14. The summed E-state index contributed by atoms with van der Waals surface area (Å²) < 4.78 is 1.68. The summed E-state index contributed by atoms with van der Waals surface area (Å²) in [5, 5.41) is 7.09. The molecule has 0 spiro atoms. The number of aryl methyl sites for hydroxylation is 1. The number of nitrogens with one attached hydrogen (secondary N) is 1. The van der Waals surface area contributed by atoms with Gasteiger partial charge in [-0.15, -0.1) is 0 Å². The van der Waals surface area contributed by atoms with Gasteiger partial charge in [0.2, 0.25) is 5.91 Å². The van der Waals surface area contributed by atoms with Crippen molar-refractivity contribution in [3.8, 4) is 0 Å². The van der Waals surface area contributed by atoms with E-state index in [1.54, 1.807) is 15.8 Å². The number of amides is 3. The van der Waals surface area contributed by atoms with Gasteiger partial charge in [0.1, 0.15) is 6.04 Å². The predicted molar refractivity (Wildman–Crippen MR) is 89.5 cm³/mol. The summed E-state index contributed by atoms with van der Waals surface area (Å²) in [5.74, 6) is 1.30. The van der Waals surface area contributed by atoms with Crippen molar-refractivity contribution in [1.29, 1.82) is 0 Å². The minimum absolute atomic E-state index is 0.0332. The Morgan fingerprint density at radius 3 is 2.46 bits per heavy atom. The van der Waals surface area contributed by atoms with Crippen molar-refractivity contribution in [2.45, 2.75) is 38.1 Å². The van der Waals surface area contributed by atoms with Gasteiger partial charge in [0.15, 0.2) is 0 Å². The van der Waals surface area contributed by atoms with Gasteiger partial charge in [-0.1, -0.05) is 0 Å². The first-order valence-corrected chi connectivity index (χ1v) is 8.95. The molecule has 130 valence electrons. The Morgan fingerprint density at radius 2 is 1.92 bits per heavy atom. The number of hydrogen-bond acceptors (Lipinski definition) is 3. The molecule has 1 unspecified atom stereocenters. The van der Waals surface area contributed by atoms with Gasteiger partial charge in [-0.2, -0.15) is 5.10 Å². The molecule has 1 aromatic rings. The molecule has 1 atom stereocenters. The van der Waals surface area contributed by atoms with Crippen LogP contribution in [0.2, 0.25) is 0 Å². The average Bonchev–Trinajstić information content (AvgIpc) is 3.47. The third-order valence-electron chi connectivity index (χ3n) is 5.14. The number of hydrogen-bond donors (Lipinski definition) is 1. The van der Waals surface area contributed by atoms with E-state index in [0.29, 0.717) is 24.8 Å². The first-order chi connectivity index (χ1) is 11.6. The average molecular weight is 331 g/mol. The van der Waals surface area contributed by atoms with E-state index in [1.165, 1.54) is 25.7 Å². The van der Waals surface area contributed by atoms with Crippen molar-refractivity contribution in [3.63, 3.8) is 0 Å². The molecule has 1 aromatic heterocycles. The molecule has 1 N–H and O–H groups in total. The SMILES string of the molecule is Cn1cc(N2CCC(NC(=O)N(CC3CC3)CC3CC3)C2=O)cn1. The standard InChI is InChI=1S/C17H25N5O2/c1-20-11-14(8-18-20)22-7-6-15(16(22)23)19-17(24)21(9-12-2-3-12)10-13-4-5-13/h8,11-13,15H,2-7,9-10H2,1H3,(H,19,24). The highest BCUT2D eigenvalue weighted by molar-refractivity contribution is 6.01. The smallest absolute Gasteiger partial charge is 0.318 e. The van der Waals surface area contributed by atoms with Crippen LogP contribution in [-0.2, 0) is 11.8 Å². The second-order valence-electron chi connectivity index (χ2n) is 7.44. The van der Waals surface area contributed by atoms with Crippen LogP contribution >= 0.6 is 0 Å². The summed E-state index contributed by atoms with van der Waals surface area (Å²) in [5.41, 5.74) is 0.798. The highest BCUT2D eigenvalue weighted by Gasteiger charge is 2.37. The van der Waals surface area contributed by atoms with Crippen molar-refractivity contribution >= 4 is 17.6 Å². The Labute approximate surface area is 142 Å². The molecule has 0 radical (unpaired) electrons. The van der Waals surface area contributed by atoms with Crippen LogP contribution in [0.3, 0.4) is 0 Å². The van der Waals surface area contributed by atoms with Crippen LogP contribution in [0.5, 0.6) is 0 Å². The van der Waals surface area contributed by atoms with E-state index in [1.807, 2.05) is 18.1 Å². The van der Waals surface area contributed by atoms with Gasteiger partial charge < -0.3 is 15.1 Å². The number of rotatable bonds is 6. The molecule has 3 aliphatic rings. The lowest BCUT2D eigenvalue weighted by Crippen LogP contribution is -2.49. The molecular formula is C17H25N5O2. The fourth-order valence-corrected chi connectivity index (χ4v) is 3.32. The number of urea groups is 1. The van der Waals surface area contributed by atoms with E-state index in [2.05, 4.69) is 10.4 Å². The molecule has 2 heterocycles. The first kappa shape index (κ1) is 15.5. The molecule has 1 aliphatic heterocycles. The maximum atomic E-state index is 12.6. The molecule has 7 heteroatoms. The van der Waals surface area contributed by atoms with E-state index >= 15 is 0 Å². The normalized spacial score (nSPS) is 23.6. The monoisotopic (exact) mass is 331 g/mol. The van der Waals surface area contributed by atoms with E-state index in [4.69, 9.17) is 0 Å². The van der Waals surface area contributed by atoms with Crippen LogP contribution in [0.4, 0.5) is 10.5 Å². The van der Waals surface area contributed by atoms with E-state index in [9.17, 15) is 9.59 Å². The second-order valence-corrected chi connectivity index (χ2v) is 7.44. The van der Waals surface area contributed by atoms with E-state index in [0.717, 1.165) is 18.8 Å². The molecule has 4 rings (SSSR count). The van der Waals surface area contributed by atoms with Crippen LogP contribution in [0.1, 0.15) is 32.1 Å². The van der Waals surface area contributed by atoms with Gasteiger partial charge in [-0.3, -0.25) is 9.48 Å². The van der Waals surface area contributed by atoms with Crippen molar-refractivity contribution in [2.75, 3.05) is 24.5 Å². The van der Waals surface area contributed by atoms with Crippen molar-refractivity contribution in [3.05, 3.63) is 12.4 Å². The number of nitrogens with zero attached hydrogens (tertiary/aromatic N) is 4. The van der Waals surface area contributed by atoms with E-state index in [-0.39, 0.29) is 11.9 Å². The first-order valence-electron chi connectivity index (χ1n) is 8.95. The van der Waals surface area contributed by atoms with Gasteiger partial charge in [0.25, 0.3) is 0 Å². The lowest BCUT2D eigenvalue weighted by molar-refractivity contribution is -0.118. The van der Waals surface area contributed by atoms with Gasteiger partial charge in [-0.05, 0) is 43.9 Å². The number of carbonyl (C=O) groups is 2. The summed E-state index contributed by atoms with van der Waals surface area (Å²) in [6.45, 7) is 2.31. The molecule has 2 saturated carbocycles. The quantitative estimate of drug-likeness (QED) is 0.855. The zero-order chi connectivity index (χ0) is 16.7. The van der Waals surface area contributed by atoms with Crippen LogP contribution in [-0.4, -0.2) is 52.3 Å². The molecule has 24 heavy (non-hydrogen) atoms. The topological polar surface area (TPSA) is 70.5 Å². The number of aromatic nitrogens is 2. The van der Waals surface area contributed by atoms with Gasteiger partial charge in [0, 0.05) is 32.9 Å². The highest BCUT2D eigenvalue weighted by atomic mass is 16.2. The van der Waals surface area contributed by atoms with E-state index < -0.39 is 6.04 Å². The van der Waals surface area contributed by atoms with Crippen LogP contribution in [0.15, 0.2) is 12.4 Å². The van der Waals surface area contributed by atoms with Crippen LogP contribution in [0, 0.1) is 11.8 Å². The Balaban J connectivity index is 1.36. The molecule has 1 saturated heterocycles. The van der Waals surface area contributed by atoms with Gasteiger partial charge in [0.05, 0.1) is 11.9 Å². The predicted octanol–water partition coefficient (Wildman–Crippen LogP) is 1.36. The molecule has 2 aliphatic carbocycles. The molecule has 3 fully saturated rings. The Hall–Kier alpha value is -2.05. The minimum Gasteiger partial charge on any atom is -0.326 e. The second kappa shape index (κ2) is 6.11. The maximum absolute atomic E-state index is 12.6. The summed E-state index contributed by atoms with van der Waals surface area (Å²) in [6.07, 6.45) is 9.08. The third kappa shape index (κ3) is 3.39. The van der Waals surface area contributed by atoms with Crippen molar-refractivity contribution in [1.82, 2.24) is 20.0 Å². The number of anilines is 1. The fourth-order valence-electron chi connectivity index (χ4n) is 3.32. The van der Waals surface area contributed by atoms with Crippen LogP contribution in [0.25, 0.3) is 0 Å². The molecule has 0 bridgehead atoms. The Kier molecular flexibility index (Phi) is 3.94. The molecular weight excluding hydrogens is 306 g/mol. The van der Waals surface area contributed by atoms with Gasteiger partial charge >= 0.3 is 6.03 Å².